The van der Waals surface area contributed by atoms with Gasteiger partial charge in [-0.1, -0.05) is 66.5 Å². The van der Waals surface area contributed by atoms with Crippen molar-refractivity contribution in [3.05, 3.63) is 68.5 Å². The van der Waals surface area contributed by atoms with Gasteiger partial charge in [0.1, 0.15) is 0 Å². The molecule has 0 aliphatic rings. The summed E-state index contributed by atoms with van der Waals surface area (Å²) in [6, 6.07) is 8.44. The number of amides is 2. The van der Waals surface area contributed by atoms with Crippen molar-refractivity contribution >= 4 is 52.5 Å². The van der Waals surface area contributed by atoms with E-state index in [1.807, 2.05) is 53.8 Å². The summed E-state index contributed by atoms with van der Waals surface area (Å²) >= 11 is 13.3. The third-order valence-corrected chi connectivity index (χ3v) is 7.31. The number of carbonyl (C=O) groups is 2. The number of thioether (sulfide) groups is 1. The molecule has 35 heavy (non-hydrogen) atoms. The number of nitrogens with zero attached hydrogens (tertiary/aromatic N) is 3. The normalized spacial score (nSPS) is 12.0. The van der Waals surface area contributed by atoms with E-state index in [9.17, 15) is 9.59 Å². The van der Waals surface area contributed by atoms with Crippen LogP contribution in [-0.4, -0.2) is 32.3 Å². The lowest BCUT2D eigenvalue weighted by atomic mass is 10.0. The number of nitrogens with one attached hydrogen (secondary N) is 2. The molecule has 0 aliphatic heterocycles. The Morgan fingerprint density at radius 1 is 1.03 bits per heavy atom. The molecular weight excluding hydrogens is 505 g/mol. The van der Waals surface area contributed by atoms with Gasteiger partial charge in [0.05, 0.1) is 21.8 Å². The molecular formula is C25H29Cl2N5O2S. The molecule has 0 unspecified atom stereocenters. The minimum atomic E-state index is -0.393. The Hall–Kier alpha value is -2.55. The molecule has 0 saturated carbocycles. The molecule has 0 aliphatic carbocycles. The molecule has 186 valence electrons. The molecule has 2 N–H and O–H groups in total. The number of rotatable bonds is 8. The number of halogens is 2. The number of hydrogen-bond donors (Lipinski definition) is 2. The second-order valence-corrected chi connectivity index (χ2v) is 10.6. The summed E-state index contributed by atoms with van der Waals surface area (Å²) in [7, 11) is 1.82. The van der Waals surface area contributed by atoms with Gasteiger partial charge in [0.15, 0.2) is 11.0 Å². The van der Waals surface area contributed by atoms with Crippen LogP contribution in [0.25, 0.3) is 0 Å². The van der Waals surface area contributed by atoms with E-state index in [0.717, 1.165) is 22.4 Å². The van der Waals surface area contributed by atoms with Crippen molar-refractivity contribution in [2.45, 2.75) is 45.8 Å². The zero-order valence-electron chi connectivity index (χ0n) is 20.6. The first-order chi connectivity index (χ1) is 16.5. The minimum absolute atomic E-state index is 0.0401. The van der Waals surface area contributed by atoms with Crippen LogP contribution in [0.3, 0.4) is 0 Å². The van der Waals surface area contributed by atoms with Gasteiger partial charge >= 0.3 is 0 Å². The Kier molecular flexibility index (Phi) is 8.85. The van der Waals surface area contributed by atoms with E-state index in [-0.39, 0.29) is 23.5 Å². The number of aromatic nitrogens is 3. The lowest BCUT2D eigenvalue weighted by Gasteiger charge is -2.22. The SMILES string of the molecule is Cc1cc(C)c(NC(=O)CSc2nnc([C@@H](NC(=O)c3ccc(Cl)c(Cl)c3)C(C)C)n2C)c(C)c1. The Balaban J connectivity index is 1.69. The van der Waals surface area contributed by atoms with E-state index in [1.165, 1.54) is 17.8 Å². The van der Waals surface area contributed by atoms with E-state index in [2.05, 4.69) is 20.8 Å². The van der Waals surface area contributed by atoms with Gasteiger partial charge < -0.3 is 15.2 Å². The molecule has 1 aromatic heterocycles. The van der Waals surface area contributed by atoms with Gasteiger partial charge in [-0.15, -0.1) is 10.2 Å². The van der Waals surface area contributed by atoms with Crippen molar-refractivity contribution in [2.24, 2.45) is 13.0 Å². The Bertz CT molecular complexity index is 1240. The second-order valence-electron chi connectivity index (χ2n) is 8.83. The van der Waals surface area contributed by atoms with E-state index >= 15 is 0 Å². The summed E-state index contributed by atoms with van der Waals surface area (Å²) in [5.41, 5.74) is 4.45. The molecule has 2 aromatic carbocycles. The lowest BCUT2D eigenvalue weighted by molar-refractivity contribution is -0.113. The summed E-state index contributed by atoms with van der Waals surface area (Å²) in [6.07, 6.45) is 0. The summed E-state index contributed by atoms with van der Waals surface area (Å²) < 4.78 is 1.81. The quantitative estimate of drug-likeness (QED) is 0.351. The van der Waals surface area contributed by atoms with Crippen molar-refractivity contribution in [3.63, 3.8) is 0 Å². The molecule has 0 bridgehead atoms. The number of benzene rings is 2. The Morgan fingerprint density at radius 2 is 1.69 bits per heavy atom. The van der Waals surface area contributed by atoms with Crippen molar-refractivity contribution in [2.75, 3.05) is 11.1 Å². The molecule has 0 saturated heterocycles. The van der Waals surface area contributed by atoms with Crippen molar-refractivity contribution < 1.29 is 9.59 Å². The van der Waals surface area contributed by atoms with Gasteiger partial charge in [-0.3, -0.25) is 9.59 Å². The van der Waals surface area contributed by atoms with Crippen LogP contribution >= 0.6 is 35.0 Å². The molecule has 10 heteroatoms. The predicted molar refractivity (Wildman–Crippen MR) is 143 cm³/mol. The summed E-state index contributed by atoms with van der Waals surface area (Å²) in [4.78, 5) is 25.5. The molecule has 0 fully saturated rings. The molecule has 3 rings (SSSR count). The molecule has 1 heterocycles. The van der Waals surface area contributed by atoms with Crippen molar-refractivity contribution in [1.82, 2.24) is 20.1 Å². The second kappa shape index (κ2) is 11.5. The summed E-state index contributed by atoms with van der Waals surface area (Å²) in [6.45, 7) is 9.97. The zero-order chi connectivity index (χ0) is 25.9. The monoisotopic (exact) mass is 533 g/mol. The fraction of sp³-hybridized carbons (Fsp3) is 0.360. The maximum atomic E-state index is 12.9. The van der Waals surface area contributed by atoms with Crippen LogP contribution in [0, 0.1) is 26.7 Å². The molecule has 2 amide bonds. The van der Waals surface area contributed by atoms with Gasteiger partial charge in [-0.05, 0) is 56.0 Å². The standard InChI is InChI=1S/C25H29Cl2N5O2S/c1-13(2)21(29-24(34)17-7-8-18(26)19(27)11-17)23-30-31-25(32(23)6)35-12-20(33)28-22-15(4)9-14(3)10-16(22)5/h7-11,13,21H,12H2,1-6H3,(H,28,33)(H,29,34)/t21-/m0/s1. The Morgan fingerprint density at radius 3 is 2.29 bits per heavy atom. The smallest absolute Gasteiger partial charge is 0.251 e. The highest BCUT2D eigenvalue weighted by atomic mass is 35.5. The predicted octanol–water partition coefficient (Wildman–Crippen LogP) is 5.91. The van der Waals surface area contributed by atoms with Gasteiger partial charge in [-0.2, -0.15) is 0 Å². The number of anilines is 1. The van der Waals surface area contributed by atoms with E-state index in [1.54, 1.807) is 16.7 Å². The largest absolute Gasteiger partial charge is 0.342 e. The minimum Gasteiger partial charge on any atom is -0.342 e. The van der Waals surface area contributed by atoms with Crippen LogP contribution in [0.15, 0.2) is 35.5 Å². The summed E-state index contributed by atoms with van der Waals surface area (Å²) in [5.74, 6) is 0.408. The maximum absolute atomic E-state index is 12.9. The van der Waals surface area contributed by atoms with Gasteiger partial charge in [-0.25, -0.2) is 0 Å². The molecule has 7 nitrogen and oxygen atoms in total. The first-order valence-electron chi connectivity index (χ1n) is 11.1. The number of carbonyl (C=O) groups excluding carboxylic acids is 2. The van der Waals surface area contributed by atoms with Crippen LogP contribution < -0.4 is 10.6 Å². The molecule has 3 aromatic rings. The van der Waals surface area contributed by atoms with Crippen LogP contribution in [0.2, 0.25) is 10.0 Å². The van der Waals surface area contributed by atoms with Gasteiger partial charge in [0, 0.05) is 18.3 Å². The van der Waals surface area contributed by atoms with Gasteiger partial charge in [0.2, 0.25) is 5.91 Å². The van der Waals surface area contributed by atoms with E-state index < -0.39 is 6.04 Å². The van der Waals surface area contributed by atoms with Crippen molar-refractivity contribution in [1.29, 1.82) is 0 Å². The highest BCUT2D eigenvalue weighted by molar-refractivity contribution is 7.99. The van der Waals surface area contributed by atoms with Crippen LogP contribution in [-0.2, 0) is 11.8 Å². The van der Waals surface area contributed by atoms with E-state index in [4.69, 9.17) is 23.2 Å². The zero-order valence-corrected chi connectivity index (χ0v) is 22.9. The van der Waals surface area contributed by atoms with Crippen LogP contribution in [0.1, 0.15) is 52.8 Å². The fourth-order valence-electron chi connectivity index (χ4n) is 3.80. The highest BCUT2D eigenvalue weighted by Gasteiger charge is 2.25. The lowest BCUT2D eigenvalue weighted by Crippen LogP contribution is -2.33. The van der Waals surface area contributed by atoms with Gasteiger partial charge in [0.25, 0.3) is 5.91 Å². The maximum Gasteiger partial charge on any atom is 0.251 e. The number of aryl methyl sites for hydroxylation is 3. The average molecular weight is 535 g/mol. The first-order valence-corrected chi connectivity index (χ1v) is 12.9. The third-order valence-electron chi connectivity index (χ3n) is 5.56. The molecule has 1 atom stereocenters. The topological polar surface area (TPSA) is 88.9 Å². The van der Waals surface area contributed by atoms with E-state index in [0.29, 0.717) is 26.6 Å². The molecule has 0 radical (unpaired) electrons. The van der Waals surface area contributed by atoms with Crippen LogP contribution in [0.4, 0.5) is 5.69 Å². The van der Waals surface area contributed by atoms with Crippen LogP contribution in [0.5, 0.6) is 0 Å². The Labute approximate surface area is 220 Å². The highest BCUT2D eigenvalue weighted by Crippen LogP contribution is 2.27. The van der Waals surface area contributed by atoms with Crippen molar-refractivity contribution in [3.8, 4) is 0 Å². The average Bonchev–Trinajstić information content (AvgIpc) is 3.14. The third kappa shape index (κ3) is 6.57. The first kappa shape index (κ1) is 27.0. The fourth-order valence-corrected chi connectivity index (χ4v) is 4.81. The molecule has 0 spiro atoms. The summed E-state index contributed by atoms with van der Waals surface area (Å²) in [5, 5.41) is 15.9. The number of hydrogen-bond acceptors (Lipinski definition) is 5.